The highest BCUT2D eigenvalue weighted by atomic mass is 127. The maximum absolute atomic E-state index is 11.5. The molecule has 0 radical (unpaired) electrons. The van der Waals surface area contributed by atoms with Gasteiger partial charge in [0.15, 0.2) is 0 Å². The molecule has 0 spiro atoms. The highest BCUT2D eigenvalue weighted by Gasteiger charge is 2.35. The monoisotopic (exact) mass is 673 g/mol. The van der Waals surface area contributed by atoms with Crippen molar-refractivity contribution >= 4 is 34.7 Å². The van der Waals surface area contributed by atoms with Crippen molar-refractivity contribution in [2.24, 2.45) is 35.3 Å². The number of allylic oxidation sites excluding steroid dienone is 3. The van der Waals surface area contributed by atoms with E-state index in [1.807, 2.05) is 53.7 Å². The summed E-state index contributed by atoms with van der Waals surface area (Å²) in [4.78, 5) is 23.0. The lowest BCUT2D eigenvalue weighted by Gasteiger charge is -2.32. The van der Waals surface area contributed by atoms with Crippen molar-refractivity contribution in [2.75, 3.05) is 0 Å². The molecule has 1 rings (SSSR count). The van der Waals surface area contributed by atoms with Crippen LogP contribution in [0.5, 0.6) is 0 Å². The average Bonchev–Trinajstić information content (AvgIpc) is 2.89. The lowest BCUT2D eigenvalue weighted by molar-refractivity contribution is -0.147. The predicted molar refractivity (Wildman–Crippen MR) is 167 cm³/mol. The number of hydrogen-bond donors (Lipinski definition) is 4. The van der Waals surface area contributed by atoms with E-state index in [1.165, 1.54) is 6.08 Å². The SMILES string of the molecule is C=C/C=C\[C@H](C)[C@H](OC(N)=O)C(I)[C@H](O)[C@@H](C)C/C(C)=C\[C@H](C)[C@@H](O)[C@@H](C)/C=C\[C@@H](O)C[C@@H]1OC(=O)C=C[C@H]1C. The van der Waals surface area contributed by atoms with Gasteiger partial charge in [-0.15, -0.1) is 0 Å². The van der Waals surface area contributed by atoms with Gasteiger partial charge in [-0.1, -0.05) is 112 Å². The Morgan fingerprint density at radius 2 is 1.77 bits per heavy atom. The average molecular weight is 674 g/mol. The van der Waals surface area contributed by atoms with Crippen LogP contribution in [0.15, 0.2) is 60.8 Å². The van der Waals surface area contributed by atoms with Gasteiger partial charge in [0, 0.05) is 36.2 Å². The first kappa shape index (κ1) is 36.1. The van der Waals surface area contributed by atoms with Crippen LogP contribution in [-0.2, 0) is 14.3 Å². The Balaban J connectivity index is 2.74. The summed E-state index contributed by atoms with van der Waals surface area (Å²) in [7, 11) is 0. The number of halogens is 1. The second kappa shape index (κ2) is 17.8. The van der Waals surface area contributed by atoms with Crippen LogP contribution in [0.4, 0.5) is 4.79 Å². The number of primary amides is 1. The normalized spacial score (nSPS) is 24.9. The van der Waals surface area contributed by atoms with Crippen LogP contribution in [0.3, 0.4) is 0 Å². The van der Waals surface area contributed by atoms with Crippen LogP contribution in [0.2, 0.25) is 0 Å². The Hall–Kier alpha value is -1.95. The van der Waals surface area contributed by atoms with E-state index in [2.05, 4.69) is 29.2 Å². The van der Waals surface area contributed by atoms with E-state index in [0.29, 0.717) is 6.42 Å². The molecule has 1 unspecified atom stereocenters. The van der Waals surface area contributed by atoms with Crippen LogP contribution < -0.4 is 5.73 Å². The smallest absolute Gasteiger partial charge is 0.404 e. The lowest BCUT2D eigenvalue weighted by atomic mass is 9.87. The number of rotatable bonds is 16. The van der Waals surface area contributed by atoms with Crippen molar-refractivity contribution < 1.29 is 34.4 Å². The number of esters is 1. The number of aliphatic hydroxyl groups is 3. The molecule has 1 amide bonds. The topological polar surface area (TPSA) is 139 Å². The van der Waals surface area contributed by atoms with Gasteiger partial charge in [-0.2, -0.15) is 0 Å². The molecule has 9 heteroatoms. The van der Waals surface area contributed by atoms with Crippen molar-refractivity contribution in [1.82, 2.24) is 0 Å². The number of amides is 1. The summed E-state index contributed by atoms with van der Waals surface area (Å²) in [6.07, 6.45) is 10.6. The maximum Gasteiger partial charge on any atom is 0.404 e. The molecule has 5 N–H and O–H groups in total. The Morgan fingerprint density at radius 1 is 1.12 bits per heavy atom. The molecule has 1 aliphatic rings. The minimum absolute atomic E-state index is 0.0272. The van der Waals surface area contributed by atoms with Gasteiger partial charge in [0.05, 0.1) is 22.2 Å². The van der Waals surface area contributed by atoms with Crippen molar-refractivity contribution in [3.63, 3.8) is 0 Å². The van der Waals surface area contributed by atoms with Gasteiger partial charge >= 0.3 is 12.1 Å². The minimum Gasteiger partial charge on any atom is -0.458 e. The fourth-order valence-electron chi connectivity index (χ4n) is 4.84. The van der Waals surface area contributed by atoms with Crippen LogP contribution in [0, 0.1) is 29.6 Å². The summed E-state index contributed by atoms with van der Waals surface area (Å²) in [5.41, 5.74) is 6.31. The molecule has 0 fully saturated rings. The van der Waals surface area contributed by atoms with E-state index in [1.54, 1.807) is 30.4 Å². The first-order valence-corrected chi connectivity index (χ1v) is 15.1. The minimum atomic E-state index is -0.885. The number of carbonyl (C=O) groups is 2. The number of hydrogen-bond acceptors (Lipinski definition) is 7. The van der Waals surface area contributed by atoms with Crippen molar-refractivity contribution in [2.45, 2.75) is 88.8 Å². The summed E-state index contributed by atoms with van der Waals surface area (Å²) in [5.74, 6) is -1.08. The van der Waals surface area contributed by atoms with E-state index in [9.17, 15) is 24.9 Å². The van der Waals surface area contributed by atoms with Gasteiger partial charge in [0.2, 0.25) is 0 Å². The Kier molecular flexibility index (Phi) is 16.0. The second-order valence-electron chi connectivity index (χ2n) is 11.1. The molecule has 0 aromatic heterocycles. The van der Waals surface area contributed by atoms with E-state index in [0.717, 1.165) is 5.57 Å². The van der Waals surface area contributed by atoms with Crippen LogP contribution in [-0.4, -0.2) is 61.8 Å². The van der Waals surface area contributed by atoms with Gasteiger partial charge < -0.3 is 30.5 Å². The number of nitrogens with two attached hydrogens (primary N) is 1. The van der Waals surface area contributed by atoms with E-state index in [4.69, 9.17) is 15.2 Å². The molecule has 8 nitrogen and oxygen atoms in total. The molecule has 0 aromatic carbocycles. The Bertz CT molecular complexity index is 946. The predicted octanol–water partition coefficient (Wildman–Crippen LogP) is 5.02. The largest absolute Gasteiger partial charge is 0.458 e. The van der Waals surface area contributed by atoms with Crippen LogP contribution >= 0.6 is 22.6 Å². The number of cyclic esters (lactones) is 1. The zero-order valence-corrected chi connectivity index (χ0v) is 26.7. The Morgan fingerprint density at radius 3 is 2.38 bits per heavy atom. The number of carbonyl (C=O) groups excluding carboxylic acids is 2. The number of aliphatic hydroxyl groups excluding tert-OH is 3. The third-order valence-corrected chi connectivity index (χ3v) is 8.76. The molecular weight excluding hydrogens is 625 g/mol. The number of alkyl halides is 1. The molecular formula is C31H48INO7. The zero-order valence-electron chi connectivity index (χ0n) is 24.5. The van der Waals surface area contributed by atoms with Gasteiger partial charge in [0.25, 0.3) is 0 Å². The summed E-state index contributed by atoms with van der Waals surface area (Å²) < 4.78 is 10.3. The quantitative estimate of drug-likeness (QED) is 0.0593. The highest BCUT2D eigenvalue weighted by molar-refractivity contribution is 14.1. The zero-order chi connectivity index (χ0) is 30.6. The standard InChI is InChI=1S/C31H48INO7/c1-8-9-10-21(5)30(40-31(33)38)27(32)29(37)23(7)16-18(2)15-22(6)28(36)20(4)11-13-24(34)17-25-19(3)12-14-26(35)39-25/h8-15,19-25,27-30,34,36-37H,1,16-17H2,2-7H3,(H2,33,38)/b10-9-,13-11-,18-15-/t19-,20+,21+,22+,23+,24-,25+,27?,28+,29-,30+/m1/s1. The van der Waals surface area contributed by atoms with Gasteiger partial charge in [0.1, 0.15) is 12.2 Å². The second-order valence-corrected chi connectivity index (χ2v) is 12.5. The fraction of sp³-hybridized carbons (Fsp3) is 0.613. The summed E-state index contributed by atoms with van der Waals surface area (Å²) in [6.45, 7) is 15.2. The van der Waals surface area contributed by atoms with Crippen molar-refractivity contribution in [3.05, 3.63) is 60.8 Å². The maximum atomic E-state index is 11.5. The molecule has 1 heterocycles. The molecule has 40 heavy (non-hydrogen) atoms. The third kappa shape index (κ3) is 12.3. The molecule has 0 aromatic rings. The van der Waals surface area contributed by atoms with Crippen LogP contribution in [0.25, 0.3) is 0 Å². The Labute approximate surface area is 253 Å². The van der Waals surface area contributed by atoms with Crippen molar-refractivity contribution in [1.29, 1.82) is 0 Å². The summed E-state index contributed by atoms with van der Waals surface area (Å²) in [6, 6.07) is 0. The van der Waals surface area contributed by atoms with Gasteiger partial charge in [-0.3, -0.25) is 0 Å². The van der Waals surface area contributed by atoms with E-state index >= 15 is 0 Å². The van der Waals surface area contributed by atoms with E-state index < -0.39 is 40.4 Å². The highest BCUT2D eigenvalue weighted by Crippen LogP contribution is 2.29. The van der Waals surface area contributed by atoms with Gasteiger partial charge in [-0.05, 0) is 19.3 Å². The summed E-state index contributed by atoms with van der Waals surface area (Å²) in [5, 5.41) is 32.4. The van der Waals surface area contributed by atoms with Crippen LogP contribution in [0.1, 0.15) is 54.4 Å². The molecule has 0 bridgehead atoms. The fourth-order valence-corrected chi connectivity index (χ4v) is 6.35. The van der Waals surface area contributed by atoms with E-state index in [-0.39, 0.29) is 42.1 Å². The first-order chi connectivity index (χ1) is 18.7. The molecule has 226 valence electrons. The molecule has 0 saturated heterocycles. The molecule has 0 aliphatic carbocycles. The third-order valence-electron chi connectivity index (χ3n) is 7.31. The van der Waals surface area contributed by atoms with Crippen molar-refractivity contribution in [3.8, 4) is 0 Å². The first-order valence-electron chi connectivity index (χ1n) is 13.9. The molecule has 11 atom stereocenters. The molecule has 0 saturated carbocycles. The lowest BCUT2D eigenvalue weighted by Crippen LogP contribution is -2.43. The number of ether oxygens (including phenoxy) is 2. The summed E-state index contributed by atoms with van der Waals surface area (Å²) >= 11 is 2.11. The molecule has 1 aliphatic heterocycles. The van der Waals surface area contributed by atoms with Gasteiger partial charge in [-0.25, -0.2) is 9.59 Å².